The van der Waals surface area contributed by atoms with Gasteiger partial charge in [0.1, 0.15) is 12.4 Å². The highest BCUT2D eigenvalue weighted by atomic mass is 16.5. The molecule has 2 fully saturated rings. The number of ether oxygens (including phenoxy) is 3. The summed E-state index contributed by atoms with van der Waals surface area (Å²) in [6, 6.07) is 15.7. The smallest absolute Gasteiger partial charge is 0.322 e. The van der Waals surface area contributed by atoms with Gasteiger partial charge >= 0.3 is 6.03 Å². The number of carbonyl (C=O) groups excluding carboxylic acids is 1. The second kappa shape index (κ2) is 10.6. The normalized spacial score (nSPS) is 20.5. The Balaban J connectivity index is 1.45. The van der Waals surface area contributed by atoms with Crippen LogP contribution in [0.2, 0.25) is 0 Å². The van der Waals surface area contributed by atoms with E-state index in [0.717, 1.165) is 50.0 Å². The van der Waals surface area contributed by atoms with Crippen LogP contribution in [-0.2, 0) is 16.1 Å². The summed E-state index contributed by atoms with van der Waals surface area (Å²) in [6.45, 7) is 5.17. The molecular formula is C25H32N2O4. The minimum Gasteiger partial charge on any atom is -0.487 e. The van der Waals surface area contributed by atoms with Crippen LogP contribution in [0.4, 0.5) is 10.5 Å². The van der Waals surface area contributed by atoms with Gasteiger partial charge in [-0.15, -0.1) is 0 Å². The van der Waals surface area contributed by atoms with Crippen molar-refractivity contribution >= 4 is 11.7 Å². The molecule has 2 aliphatic rings. The third-order valence-corrected chi connectivity index (χ3v) is 5.80. The van der Waals surface area contributed by atoms with Crippen molar-refractivity contribution in [1.29, 1.82) is 0 Å². The summed E-state index contributed by atoms with van der Waals surface area (Å²) in [7, 11) is 0. The fourth-order valence-electron chi connectivity index (χ4n) is 4.09. The fraction of sp³-hybridized carbons (Fsp3) is 0.480. The zero-order chi connectivity index (χ0) is 21.5. The molecule has 6 heteroatoms. The third kappa shape index (κ3) is 6.21. The molecule has 0 spiro atoms. The van der Waals surface area contributed by atoms with Crippen LogP contribution in [0, 0.1) is 6.92 Å². The van der Waals surface area contributed by atoms with Crippen LogP contribution in [-0.4, -0.2) is 49.4 Å². The van der Waals surface area contributed by atoms with Crippen molar-refractivity contribution in [2.24, 2.45) is 0 Å². The van der Waals surface area contributed by atoms with E-state index in [4.69, 9.17) is 14.2 Å². The molecular weight excluding hydrogens is 392 g/mol. The van der Waals surface area contributed by atoms with Crippen LogP contribution in [0.3, 0.4) is 0 Å². The highest BCUT2D eigenvalue weighted by Crippen LogP contribution is 2.27. The molecule has 166 valence electrons. The molecule has 0 aromatic heterocycles. The van der Waals surface area contributed by atoms with E-state index in [0.29, 0.717) is 31.1 Å². The maximum atomic E-state index is 13.2. The first-order chi connectivity index (χ1) is 15.2. The number of amides is 2. The zero-order valence-corrected chi connectivity index (χ0v) is 18.2. The summed E-state index contributed by atoms with van der Waals surface area (Å²) in [5, 5.41) is 3.07. The Labute approximate surface area is 184 Å². The van der Waals surface area contributed by atoms with Gasteiger partial charge in [-0.3, -0.25) is 0 Å². The predicted molar refractivity (Wildman–Crippen MR) is 120 cm³/mol. The molecule has 0 bridgehead atoms. The Bertz CT molecular complexity index is 828. The molecule has 2 aromatic carbocycles. The van der Waals surface area contributed by atoms with E-state index in [-0.39, 0.29) is 18.2 Å². The van der Waals surface area contributed by atoms with Crippen molar-refractivity contribution in [2.75, 3.05) is 31.6 Å². The predicted octanol–water partition coefficient (Wildman–Crippen LogP) is 4.77. The lowest BCUT2D eigenvalue weighted by Gasteiger charge is -2.28. The quantitative estimate of drug-likeness (QED) is 0.663. The van der Waals surface area contributed by atoms with Gasteiger partial charge in [-0.1, -0.05) is 36.4 Å². The lowest BCUT2D eigenvalue weighted by atomic mass is 10.2. The second-order valence-corrected chi connectivity index (χ2v) is 8.38. The molecule has 4 rings (SSSR count). The van der Waals surface area contributed by atoms with Gasteiger partial charge in [0.05, 0.1) is 17.9 Å². The molecule has 0 saturated carbocycles. The summed E-state index contributed by atoms with van der Waals surface area (Å²) >= 11 is 0. The lowest BCUT2D eigenvalue weighted by molar-refractivity contribution is 0.0524. The number of hydrogen-bond acceptors (Lipinski definition) is 4. The number of hydrogen-bond donors (Lipinski definition) is 1. The van der Waals surface area contributed by atoms with Gasteiger partial charge in [0.2, 0.25) is 0 Å². The van der Waals surface area contributed by atoms with Crippen LogP contribution in [0.1, 0.15) is 36.8 Å². The summed E-state index contributed by atoms with van der Waals surface area (Å²) in [6.07, 6.45) is 4.28. The number of benzene rings is 2. The Morgan fingerprint density at radius 3 is 2.32 bits per heavy atom. The Kier molecular flexibility index (Phi) is 7.43. The molecule has 0 aliphatic carbocycles. The third-order valence-electron chi connectivity index (χ3n) is 5.80. The van der Waals surface area contributed by atoms with Crippen molar-refractivity contribution in [2.45, 2.75) is 51.4 Å². The molecule has 2 amide bonds. The average molecular weight is 425 g/mol. The largest absolute Gasteiger partial charge is 0.487 e. The highest BCUT2D eigenvalue weighted by molar-refractivity contribution is 5.91. The maximum absolute atomic E-state index is 13.2. The number of rotatable bonds is 8. The average Bonchev–Trinajstić information content (AvgIpc) is 3.48. The molecule has 1 N–H and O–H groups in total. The van der Waals surface area contributed by atoms with Crippen LogP contribution in [0.25, 0.3) is 0 Å². The minimum absolute atomic E-state index is 0.0963. The number of carbonyl (C=O) groups is 1. The Morgan fingerprint density at radius 1 is 1.03 bits per heavy atom. The lowest BCUT2D eigenvalue weighted by Crippen LogP contribution is -2.44. The molecule has 2 heterocycles. The molecule has 2 atom stereocenters. The van der Waals surface area contributed by atoms with Gasteiger partial charge in [-0.2, -0.15) is 0 Å². The van der Waals surface area contributed by atoms with Crippen molar-refractivity contribution < 1.29 is 19.0 Å². The first-order valence-corrected chi connectivity index (χ1v) is 11.2. The molecule has 0 unspecified atom stereocenters. The van der Waals surface area contributed by atoms with E-state index in [9.17, 15) is 4.79 Å². The van der Waals surface area contributed by atoms with E-state index < -0.39 is 0 Å². The van der Waals surface area contributed by atoms with E-state index in [1.54, 1.807) is 0 Å². The summed E-state index contributed by atoms with van der Waals surface area (Å²) < 4.78 is 17.6. The van der Waals surface area contributed by atoms with Gasteiger partial charge < -0.3 is 24.4 Å². The summed E-state index contributed by atoms with van der Waals surface area (Å²) in [4.78, 5) is 15.1. The summed E-state index contributed by atoms with van der Waals surface area (Å²) in [5.74, 6) is 0.673. The number of nitrogens with zero attached hydrogens (tertiary/aromatic N) is 1. The second-order valence-electron chi connectivity index (χ2n) is 8.38. The molecule has 31 heavy (non-hydrogen) atoms. The minimum atomic E-state index is -0.139. The Morgan fingerprint density at radius 2 is 1.71 bits per heavy atom. The van der Waals surface area contributed by atoms with Crippen molar-refractivity contribution in [3.05, 3.63) is 59.7 Å². The highest BCUT2D eigenvalue weighted by Gasteiger charge is 2.27. The topological polar surface area (TPSA) is 60.0 Å². The van der Waals surface area contributed by atoms with Crippen LogP contribution in [0.15, 0.2) is 48.5 Å². The van der Waals surface area contributed by atoms with Crippen LogP contribution < -0.4 is 10.1 Å². The number of urea groups is 1. The van der Waals surface area contributed by atoms with Crippen molar-refractivity contribution in [1.82, 2.24) is 4.90 Å². The van der Waals surface area contributed by atoms with Gasteiger partial charge in [-0.25, -0.2) is 4.79 Å². The summed E-state index contributed by atoms with van der Waals surface area (Å²) in [5.41, 5.74) is 2.84. The number of anilines is 1. The van der Waals surface area contributed by atoms with Gasteiger partial charge in [-0.05, 0) is 55.9 Å². The van der Waals surface area contributed by atoms with E-state index in [1.807, 2.05) is 60.4 Å². The van der Waals surface area contributed by atoms with Gasteiger partial charge in [0, 0.05) is 26.3 Å². The van der Waals surface area contributed by atoms with E-state index in [1.165, 1.54) is 0 Å². The molecule has 2 saturated heterocycles. The first kappa shape index (κ1) is 21.7. The first-order valence-electron chi connectivity index (χ1n) is 11.2. The molecule has 2 aliphatic heterocycles. The molecule has 0 radical (unpaired) electrons. The maximum Gasteiger partial charge on any atom is 0.322 e. The van der Waals surface area contributed by atoms with E-state index in [2.05, 4.69) is 5.32 Å². The monoisotopic (exact) mass is 424 g/mol. The SMILES string of the molecule is Cc1ccc(NC(=O)N(C[C@@H]2CCCO2)C[C@@H]2CCCO2)c(OCc2ccccc2)c1. The van der Waals surface area contributed by atoms with Gasteiger partial charge in [0.25, 0.3) is 0 Å². The standard InChI is InChI=1S/C25H32N2O4/c1-19-11-12-23(24(15-19)31-18-20-7-3-2-4-8-20)26-25(28)27(16-21-9-5-13-29-21)17-22-10-6-14-30-22/h2-4,7-8,11-12,15,21-22H,5-6,9-10,13-14,16-18H2,1H3,(H,26,28)/t21-,22-/m0/s1. The Hall–Kier alpha value is -2.57. The van der Waals surface area contributed by atoms with Crippen molar-refractivity contribution in [3.8, 4) is 5.75 Å². The number of nitrogens with one attached hydrogen (secondary N) is 1. The van der Waals surface area contributed by atoms with E-state index >= 15 is 0 Å². The molecule has 2 aromatic rings. The van der Waals surface area contributed by atoms with Gasteiger partial charge in [0.15, 0.2) is 0 Å². The zero-order valence-electron chi connectivity index (χ0n) is 18.2. The van der Waals surface area contributed by atoms with Crippen LogP contribution in [0.5, 0.6) is 5.75 Å². The molecule has 6 nitrogen and oxygen atoms in total. The fourth-order valence-corrected chi connectivity index (χ4v) is 4.09. The number of aryl methyl sites for hydroxylation is 1. The van der Waals surface area contributed by atoms with Crippen LogP contribution >= 0.6 is 0 Å². The van der Waals surface area contributed by atoms with Crippen molar-refractivity contribution in [3.63, 3.8) is 0 Å².